The standard InChI is InChI=1S/C17H18N4O2/c1-22-13-8-9-15(16(10-13)23-2)21-17(14(11-18)19-20-21)12-6-4-3-5-7-12/h3-10H,11,18H2,1-2H3. The Balaban J connectivity index is 2.20. The zero-order chi connectivity index (χ0) is 16.2. The van der Waals surface area contributed by atoms with Crippen molar-refractivity contribution in [3.05, 3.63) is 54.2 Å². The molecule has 0 atom stereocenters. The van der Waals surface area contributed by atoms with Gasteiger partial charge in [-0.3, -0.25) is 0 Å². The van der Waals surface area contributed by atoms with Crippen LogP contribution in [0.5, 0.6) is 11.5 Å². The normalized spacial score (nSPS) is 10.6. The van der Waals surface area contributed by atoms with Gasteiger partial charge in [-0.1, -0.05) is 35.5 Å². The average molecular weight is 310 g/mol. The van der Waals surface area contributed by atoms with Gasteiger partial charge in [-0.25, -0.2) is 4.68 Å². The van der Waals surface area contributed by atoms with Gasteiger partial charge in [0.15, 0.2) is 0 Å². The van der Waals surface area contributed by atoms with E-state index in [0.717, 1.165) is 22.6 Å². The maximum absolute atomic E-state index is 5.83. The Bertz CT molecular complexity index is 800. The summed E-state index contributed by atoms with van der Waals surface area (Å²) in [4.78, 5) is 0. The van der Waals surface area contributed by atoms with Crippen molar-refractivity contribution in [1.82, 2.24) is 15.0 Å². The number of nitrogens with zero attached hydrogens (tertiary/aromatic N) is 3. The van der Waals surface area contributed by atoms with Crippen molar-refractivity contribution in [2.75, 3.05) is 14.2 Å². The van der Waals surface area contributed by atoms with Gasteiger partial charge in [0.2, 0.25) is 0 Å². The molecule has 0 saturated heterocycles. The van der Waals surface area contributed by atoms with Crippen molar-refractivity contribution < 1.29 is 9.47 Å². The fourth-order valence-corrected chi connectivity index (χ4v) is 2.46. The predicted octanol–water partition coefficient (Wildman–Crippen LogP) is 2.41. The van der Waals surface area contributed by atoms with E-state index in [1.54, 1.807) is 18.9 Å². The first-order valence-electron chi connectivity index (χ1n) is 7.21. The van der Waals surface area contributed by atoms with Crippen LogP contribution in [0.2, 0.25) is 0 Å². The highest BCUT2D eigenvalue weighted by Crippen LogP contribution is 2.32. The van der Waals surface area contributed by atoms with E-state index >= 15 is 0 Å². The minimum absolute atomic E-state index is 0.308. The van der Waals surface area contributed by atoms with E-state index in [4.69, 9.17) is 15.2 Å². The first-order valence-corrected chi connectivity index (χ1v) is 7.21. The fraction of sp³-hybridized carbons (Fsp3) is 0.176. The summed E-state index contributed by atoms with van der Waals surface area (Å²) < 4.78 is 12.5. The molecule has 3 aromatic rings. The first-order chi connectivity index (χ1) is 11.3. The van der Waals surface area contributed by atoms with E-state index in [9.17, 15) is 0 Å². The highest BCUT2D eigenvalue weighted by molar-refractivity contribution is 5.66. The largest absolute Gasteiger partial charge is 0.497 e. The number of aromatic nitrogens is 3. The number of ether oxygens (including phenoxy) is 2. The molecule has 0 aliphatic heterocycles. The molecule has 2 aromatic carbocycles. The predicted molar refractivity (Wildman–Crippen MR) is 87.8 cm³/mol. The lowest BCUT2D eigenvalue weighted by Crippen LogP contribution is -2.04. The Kier molecular flexibility index (Phi) is 4.25. The summed E-state index contributed by atoms with van der Waals surface area (Å²) in [6.07, 6.45) is 0. The number of nitrogens with two attached hydrogens (primary N) is 1. The first kappa shape index (κ1) is 15.1. The molecule has 2 N–H and O–H groups in total. The monoisotopic (exact) mass is 310 g/mol. The van der Waals surface area contributed by atoms with Crippen LogP contribution in [0.1, 0.15) is 5.69 Å². The number of rotatable bonds is 5. The van der Waals surface area contributed by atoms with E-state index in [1.807, 2.05) is 48.5 Å². The molecule has 0 amide bonds. The van der Waals surface area contributed by atoms with E-state index in [1.165, 1.54) is 0 Å². The van der Waals surface area contributed by atoms with Crippen molar-refractivity contribution >= 4 is 0 Å². The van der Waals surface area contributed by atoms with E-state index < -0.39 is 0 Å². The molecule has 0 radical (unpaired) electrons. The second-order valence-electron chi connectivity index (χ2n) is 4.90. The summed E-state index contributed by atoms with van der Waals surface area (Å²) in [5.41, 5.74) is 9.19. The summed E-state index contributed by atoms with van der Waals surface area (Å²) in [6.45, 7) is 0.308. The van der Waals surface area contributed by atoms with Crippen LogP contribution in [-0.2, 0) is 6.54 Å². The molecule has 118 valence electrons. The maximum atomic E-state index is 5.83. The van der Waals surface area contributed by atoms with Crippen LogP contribution in [0, 0.1) is 0 Å². The zero-order valence-electron chi connectivity index (χ0n) is 13.1. The van der Waals surface area contributed by atoms with Crippen molar-refractivity contribution in [2.45, 2.75) is 6.54 Å². The van der Waals surface area contributed by atoms with Gasteiger partial charge in [0.25, 0.3) is 0 Å². The third-order valence-electron chi connectivity index (χ3n) is 3.60. The number of methoxy groups -OCH3 is 2. The molecule has 0 aliphatic carbocycles. The fourth-order valence-electron chi connectivity index (χ4n) is 2.46. The third-order valence-corrected chi connectivity index (χ3v) is 3.60. The molecular formula is C17H18N4O2. The van der Waals surface area contributed by atoms with Crippen LogP contribution < -0.4 is 15.2 Å². The molecule has 0 unspecified atom stereocenters. The van der Waals surface area contributed by atoms with Crippen LogP contribution in [0.15, 0.2) is 48.5 Å². The smallest absolute Gasteiger partial charge is 0.148 e. The van der Waals surface area contributed by atoms with E-state index in [0.29, 0.717) is 18.0 Å². The van der Waals surface area contributed by atoms with Crippen molar-refractivity contribution in [3.63, 3.8) is 0 Å². The highest BCUT2D eigenvalue weighted by atomic mass is 16.5. The Labute approximate surface area is 134 Å². The molecule has 23 heavy (non-hydrogen) atoms. The molecule has 6 heteroatoms. The summed E-state index contributed by atoms with van der Waals surface area (Å²) in [6, 6.07) is 15.5. The highest BCUT2D eigenvalue weighted by Gasteiger charge is 2.18. The topological polar surface area (TPSA) is 75.2 Å². The summed E-state index contributed by atoms with van der Waals surface area (Å²) in [5.74, 6) is 1.36. The molecular weight excluding hydrogens is 292 g/mol. The molecule has 0 bridgehead atoms. The van der Waals surface area contributed by atoms with E-state index in [-0.39, 0.29) is 0 Å². The quantitative estimate of drug-likeness (QED) is 0.783. The van der Waals surface area contributed by atoms with Crippen molar-refractivity contribution in [3.8, 4) is 28.4 Å². The maximum Gasteiger partial charge on any atom is 0.148 e. The van der Waals surface area contributed by atoms with Gasteiger partial charge in [0.1, 0.15) is 22.9 Å². The van der Waals surface area contributed by atoms with Crippen LogP contribution in [0.25, 0.3) is 16.9 Å². The second kappa shape index (κ2) is 6.50. The van der Waals surface area contributed by atoms with E-state index in [2.05, 4.69) is 10.3 Å². The molecule has 0 fully saturated rings. The van der Waals surface area contributed by atoms with Gasteiger partial charge in [0, 0.05) is 18.2 Å². The second-order valence-corrected chi connectivity index (χ2v) is 4.90. The third kappa shape index (κ3) is 2.76. The molecule has 1 heterocycles. The Morgan fingerprint density at radius 2 is 1.83 bits per heavy atom. The van der Waals surface area contributed by atoms with Gasteiger partial charge in [0.05, 0.1) is 19.9 Å². The van der Waals surface area contributed by atoms with Crippen LogP contribution >= 0.6 is 0 Å². The lowest BCUT2D eigenvalue weighted by atomic mass is 10.1. The summed E-state index contributed by atoms with van der Waals surface area (Å²) >= 11 is 0. The van der Waals surface area contributed by atoms with Crippen LogP contribution in [0.3, 0.4) is 0 Å². The van der Waals surface area contributed by atoms with Crippen LogP contribution in [0.4, 0.5) is 0 Å². The number of benzene rings is 2. The lowest BCUT2D eigenvalue weighted by molar-refractivity contribution is 0.392. The molecule has 0 saturated carbocycles. The SMILES string of the molecule is COc1ccc(-n2nnc(CN)c2-c2ccccc2)c(OC)c1. The average Bonchev–Trinajstić information content (AvgIpc) is 3.05. The molecule has 0 aliphatic rings. The molecule has 3 rings (SSSR count). The lowest BCUT2D eigenvalue weighted by Gasteiger charge is -2.13. The minimum Gasteiger partial charge on any atom is -0.497 e. The zero-order valence-corrected chi connectivity index (χ0v) is 13.1. The van der Waals surface area contributed by atoms with Crippen LogP contribution in [-0.4, -0.2) is 29.2 Å². The van der Waals surface area contributed by atoms with Gasteiger partial charge >= 0.3 is 0 Å². The molecule has 1 aromatic heterocycles. The summed E-state index contributed by atoms with van der Waals surface area (Å²) in [5, 5.41) is 8.47. The molecule has 0 spiro atoms. The number of hydrogen-bond acceptors (Lipinski definition) is 5. The van der Waals surface area contributed by atoms with Crippen molar-refractivity contribution in [2.24, 2.45) is 5.73 Å². The Hall–Kier alpha value is -2.86. The number of hydrogen-bond donors (Lipinski definition) is 1. The molecule has 6 nitrogen and oxygen atoms in total. The van der Waals surface area contributed by atoms with Gasteiger partial charge < -0.3 is 15.2 Å². The Morgan fingerprint density at radius 3 is 2.48 bits per heavy atom. The van der Waals surface area contributed by atoms with Crippen molar-refractivity contribution in [1.29, 1.82) is 0 Å². The minimum atomic E-state index is 0.308. The van der Waals surface area contributed by atoms with Gasteiger partial charge in [-0.05, 0) is 12.1 Å². The Morgan fingerprint density at radius 1 is 1.04 bits per heavy atom. The van der Waals surface area contributed by atoms with Gasteiger partial charge in [-0.2, -0.15) is 0 Å². The van der Waals surface area contributed by atoms with Gasteiger partial charge in [-0.15, -0.1) is 5.10 Å². The summed E-state index contributed by atoms with van der Waals surface area (Å²) in [7, 11) is 3.23.